The van der Waals surface area contributed by atoms with Gasteiger partial charge in [-0.3, -0.25) is 9.59 Å². The first-order valence-electron chi connectivity index (χ1n) is 9.60. The van der Waals surface area contributed by atoms with E-state index in [1.54, 1.807) is 13.0 Å². The van der Waals surface area contributed by atoms with E-state index in [1.807, 2.05) is 37.3 Å². The van der Waals surface area contributed by atoms with Crippen molar-refractivity contribution in [3.05, 3.63) is 76.9 Å². The average molecular weight is 362 g/mol. The zero-order chi connectivity index (χ0) is 19.4. The molecule has 0 spiro atoms. The molecule has 0 saturated carbocycles. The minimum absolute atomic E-state index is 0.166. The van der Waals surface area contributed by atoms with Crippen molar-refractivity contribution >= 4 is 17.3 Å². The van der Waals surface area contributed by atoms with Gasteiger partial charge in [0, 0.05) is 5.92 Å². The molecule has 2 atom stereocenters. The van der Waals surface area contributed by atoms with Gasteiger partial charge in [0.05, 0.1) is 6.61 Å². The second kappa shape index (κ2) is 8.34. The zero-order valence-electron chi connectivity index (χ0n) is 16.2. The normalized spacial score (nSPS) is 19.5. The molecule has 0 unspecified atom stereocenters. The molecular weight excluding hydrogens is 336 g/mol. The van der Waals surface area contributed by atoms with Crippen molar-refractivity contribution in [1.29, 1.82) is 0 Å². The molecule has 2 aromatic rings. The molecule has 0 aromatic heterocycles. The smallest absolute Gasteiger partial charge is 0.317 e. The van der Waals surface area contributed by atoms with E-state index >= 15 is 0 Å². The first kappa shape index (κ1) is 19.1. The van der Waals surface area contributed by atoms with Crippen molar-refractivity contribution in [3.63, 3.8) is 0 Å². The van der Waals surface area contributed by atoms with Gasteiger partial charge < -0.3 is 4.74 Å². The Labute approximate surface area is 161 Å². The minimum Gasteiger partial charge on any atom is -0.465 e. The summed E-state index contributed by atoms with van der Waals surface area (Å²) in [7, 11) is 0. The lowest BCUT2D eigenvalue weighted by atomic mass is 9.73. The highest BCUT2D eigenvalue weighted by Crippen LogP contribution is 2.40. The lowest BCUT2D eigenvalue weighted by Gasteiger charge is -2.29. The summed E-state index contributed by atoms with van der Waals surface area (Å²) < 4.78 is 5.22. The van der Waals surface area contributed by atoms with Gasteiger partial charge in [0.15, 0.2) is 5.78 Å². The Kier molecular flexibility index (Phi) is 5.90. The number of rotatable bonds is 5. The van der Waals surface area contributed by atoms with Crippen LogP contribution in [-0.4, -0.2) is 18.4 Å². The fraction of sp³-hybridized carbons (Fsp3) is 0.333. The van der Waals surface area contributed by atoms with Gasteiger partial charge in [-0.2, -0.15) is 0 Å². The molecule has 3 rings (SSSR count). The molecule has 3 nitrogen and oxygen atoms in total. The fourth-order valence-electron chi connectivity index (χ4n) is 3.74. The van der Waals surface area contributed by atoms with Gasteiger partial charge >= 0.3 is 5.97 Å². The van der Waals surface area contributed by atoms with E-state index in [1.165, 1.54) is 5.56 Å². The quantitative estimate of drug-likeness (QED) is 0.562. The van der Waals surface area contributed by atoms with Gasteiger partial charge in [0.25, 0.3) is 0 Å². The van der Waals surface area contributed by atoms with Crippen LogP contribution < -0.4 is 0 Å². The van der Waals surface area contributed by atoms with Crippen LogP contribution in [0.4, 0.5) is 0 Å². The summed E-state index contributed by atoms with van der Waals surface area (Å²) in [4.78, 5) is 25.4. The molecule has 0 saturated heterocycles. The van der Waals surface area contributed by atoms with Crippen molar-refractivity contribution in [2.45, 2.75) is 39.5 Å². The van der Waals surface area contributed by atoms with Gasteiger partial charge in [-0.05, 0) is 55.0 Å². The Morgan fingerprint density at radius 2 is 1.85 bits per heavy atom. The molecule has 27 heavy (non-hydrogen) atoms. The number of esters is 1. The number of hydrogen-bond donors (Lipinski definition) is 0. The van der Waals surface area contributed by atoms with E-state index in [2.05, 4.69) is 25.1 Å². The molecular formula is C24H26O3. The third-order valence-electron chi connectivity index (χ3n) is 5.21. The van der Waals surface area contributed by atoms with Crippen LogP contribution in [0.3, 0.4) is 0 Å². The Morgan fingerprint density at radius 3 is 2.48 bits per heavy atom. The van der Waals surface area contributed by atoms with Gasteiger partial charge in [0.2, 0.25) is 0 Å². The summed E-state index contributed by atoms with van der Waals surface area (Å²) in [5.41, 5.74) is 5.42. The van der Waals surface area contributed by atoms with E-state index in [-0.39, 0.29) is 18.3 Å². The summed E-state index contributed by atoms with van der Waals surface area (Å²) in [6.45, 7) is 6.19. The lowest BCUT2D eigenvalue weighted by Crippen LogP contribution is -2.34. The first-order chi connectivity index (χ1) is 13.0. The van der Waals surface area contributed by atoms with Crippen LogP contribution in [0, 0.1) is 12.8 Å². The number of ketones is 1. The van der Waals surface area contributed by atoms with E-state index in [0.29, 0.717) is 6.42 Å². The van der Waals surface area contributed by atoms with Crippen molar-refractivity contribution < 1.29 is 14.3 Å². The Morgan fingerprint density at radius 1 is 1.11 bits per heavy atom. The van der Waals surface area contributed by atoms with Crippen LogP contribution in [0.5, 0.6) is 0 Å². The number of carbonyl (C=O) groups excluding carboxylic acids is 2. The second-order valence-electron chi connectivity index (χ2n) is 7.08. The number of ether oxygens (including phenoxy) is 1. The van der Waals surface area contributed by atoms with E-state index in [4.69, 9.17) is 4.74 Å². The van der Waals surface area contributed by atoms with Gasteiger partial charge in [-0.15, -0.1) is 0 Å². The highest BCUT2D eigenvalue weighted by atomic mass is 16.5. The molecule has 0 fully saturated rings. The third-order valence-corrected chi connectivity index (χ3v) is 5.21. The SMILES string of the molecule is CCOC(=O)[C@@H]1C(=O)C=C(c2cccc(C)c2)C[C@@H]1c1ccc(CC)cc1. The summed E-state index contributed by atoms with van der Waals surface area (Å²) in [6, 6.07) is 16.4. The maximum absolute atomic E-state index is 12.9. The summed E-state index contributed by atoms with van der Waals surface area (Å²) in [5, 5.41) is 0. The van der Waals surface area contributed by atoms with Gasteiger partial charge in [0.1, 0.15) is 5.92 Å². The number of carbonyl (C=O) groups is 2. The maximum atomic E-state index is 12.9. The highest BCUT2D eigenvalue weighted by molar-refractivity contribution is 6.10. The number of hydrogen-bond acceptors (Lipinski definition) is 3. The first-order valence-corrected chi connectivity index (χ1v) is 9.60. The molecule has 0 bridgehead atoms. The molecule has 0 heterocycles. The lowest BCUT2D eigenvalue weighted by molar-refractivity contribution is -0.151. The van der Waals surface area contributed by atoms with Crippen LogP contribution in [0.15, 0.2) is 54.6 Å². The molecule has 3 heteroatoms. The number of aryl methyl sites for hydroxylation is 2. The number of allylic oxidation sites excluding steroid dienone is 2. The molecule has 0 amide bonds. The van der Waals surface area contributed by atoms with Crippen molar-refractivity contribution in [2.24, 2.45) is 5.92 Å². The topological polar surface area (TPSA) is 43.4 Å². The highest BCUT2D eigenvalue weighted by Gasteiger charge is 2.39. The molecule has 0 aliphatic heterocycles. The third kappa shape index (κ3) is 4.19. The standard InChI is InChI=1S/C24H26O3/c1-4-17-9-11-18(12-10-17)21-14-20(19-8-6-7-16(3)13-19)15-22(25)23(21)24(26)27-5-2/h6-13,15,21,23H,4-5,14H2,1-3H3/t21-,23+/m1/s1. The van der Waals surface area contributed by atoms with E-state index < -0.39 is 11.9 Å². The maximum Gasteiger partial charge on any atom is 0.317 e. The fourth-order valence-corrected chi connectivity index (χ4v) is 3.74. The monoisotopic (exact) mass is 362 g/mol. The molecule has 1 aliphatic rings. The minimum atomic E-state index is -0.772. The van der Waals surface area contributed by atoms with Crippen molar-refractivity contribution in [2.75, 3.05) is 6.61 Å². The van der Waals surface area contributed by atoms with Crippen LogP contribution in [0.2, 0.25) is 0 Å². The zero-order valence-corrected chi connectivity index (χ0v) is 16.2. The van der Waals surface area contributed by atoms with Crippen LogP contribution in [0.1, 0.15) is 48.4 Å². The summed E-state index contributed by atoms with van der Waals surface area (Å²) in [5.74, 6) is -1.57. The predicted molar refractivity (Wildman–Crippen MR) is 107 cm³/mol. The van der Waals surface area contributed by atoms with Crippen LogP contribution in [0.25, 0.3) is 5.57 Å². The summed E-state index contributed by atoms with van der Waals surface area (Å²) in [6.07, 6.45) is 3.23. The average Bonchev–Trinajstić information content (AvgIpc) is 2.67. The molecule has 0 radical (unpaired) electrons. The summed E-state index contributed by atoms with van der Waals surface area (Å²) >= 11 is 0. The van der Waals surface area contributed by atoms with Crippen LogP contribution >= 0.6 is 0 Å². The van der Waals surface area contributed by atoms with E-state index in [0.717, 1.165) is 28.7 Å². The Bertz CT molecular complexity index is 861. The van der Waals surface area contributed by atoms with Crippen molar-refractivity contribution in [1.82, 2.24) is 0 Å². The molecule has 2 aromatic carbocycles. The van der Waals surface area contributed by atoms with Crippen LogP contribution in [-0.2, 0) is 20.7 Å². The number of benzene rings is 2. The largest absolute Gasteiger partial charge is 0.465 e. The van der Waals surface area contributed by atoms with Gasteiger partial charge in [-0.25, -0.2) is 0 Å². The Hall–Kier alpha value is -2.68. The van der Waals surface area contributed by atoms with E-state index in [9.17, 15) is 9.59 Å². The molecule has 140 valence electrons. The second-order valence-corrected chi connectivity index (χ2v) is 7.08. The predicted octanol–water partition coefficient (Wildman–Crippen LogP) is 4.88. The van der Waals surface area contributed by atoms with Crippen molar-refractivity contribution in [3.8, 4) is 0 Å². The molecule has 1 aliphatic carbocycles. The Balaban J connectivity index is 2.01. The van der Waals surface area contributed by atoms with Gasteiger partial charge in [-0.1, -0.05) is 61.0 Å². The molecule has 0 N–H and O–H groups in total.